The second-order valence-corrected chi connectivity index (χ2v) is 19.4. The lowest BCUT2D eigenvalue weighted by molar-refractivity contribution is 0.396. The Labute approximate surface area is 307 Å². The van der Waals surface area contributed by atoms with E-state index in [1.165, 1.54) is 167 Å². The molecule has 0 N–H and O–H groups in total. The first-order valence-corrected chi connectivity index (χ1v) is 24.3. The van der Waals surface area contributed by atoms with Crippen molar-refractivity contribution in [3.05, 3.63) is 64.2 Å². The summed E-state index contributed by atoms with van der Waals surface area (Å²) in [4.78, 5) is 0. The number of hydrogen-bond acceptors (Lipinski definition) is 0. The SMILES string of the molecule is CCCCCCCCCCCCCCC1(CCCCCCCCCCCCCC)c2ccccc2-c2cc3c(cc21)C(C)=C(C)C3[Si](C)C. The molecule has 2 aliphatic carbocycles. The fraction of sp³-hybridized carbons (Fsp3) is 0.708. The molecular formula is C48H77Si. The van der Waals surface area contributed by atoms with Crippen LogP contribution in [0.3, 0.4) is 0 Å². The van der Waals surface area contributed by atoms with E-state index in [0.29, 0.717) is 5.54 Å². The molecule has 0 saturated heterocycles. The molecule has 49 heavy (non-hydrogen) atoms. The Morgan fingerprint density at radius 3 is 1.37 bits per heavy atom. The standard InChI is InChI=1S/C48H77Si/c1-7-9-11-13-15-17-19-21-23-25-27-31-35-48(36-32-28-26-24-22-20-18-16-14-12-10-8-2)45-34-30-29-33-41(45)43-37-44-42(38-46(43)48)39(3)40(4)47(44)49(5)6/h29-30,33-34,37-38,47H,7-28,31-32,35-36H2,1-6H3. The third kappa shape index (κ3) is 10.9. The van der Waals surface area contributed by atoms with E-state index in [2.05, 4.69) is 77.2 Å². The van der Waals surface area contributed by atoms with Crippen LogP contribution in [0.1, 0.15) is 222 Å². The summed E-state index contributed by atoms with van der Waals surface area (Å²) in [6.45, 7) is 14.5. The molecule has 0 aromatic heterocycles. The lowest BCUT2D eigenvalue weighted by atomic mass is 9.70. The van der Waals surface area contributed by atoms with Gasteiger partial charge in [0, 0.05) is 5.41 Å². The van der Waals surface area contributed by atoms with Crippen LogP contribution in [-0.2, 0) is 5.41 Å². The van der Waals surface area contributed by atoms with Gasteiger partial charge in [-0.15, -0.1) is 0 Å². The van der Waals surface area contributed by atoms with Crippen LogP contribution >= 0.6 is 0 Å². The molecule has 1 unspecified atom stereocenters. The van der Waals surface area contributed by atoms with Crippen LogP contribution in [0.5, 0.6) is 0 Å². The van der Waals surface area contributed by atoms with Crippen LogP contribution in [0.15, 0.2) is 42.0 Å². The minimum Gasteiger partial charge on any atom is -0.0705 e. The van der Waals surface area contributed by atoms with Crippen LogP contribution in [0.4, 0.5) is 0 Å². The first-order chi connectivity index (χ1) is 24.0. The van der Waals surface area contributed by atoms with Crippen molar-refractivity contribution in [2.75, 3.05) is 0 Å². The van der Waals surface area contributed by atoms with Gasteiger partial charge in [0.25, 0.3) is 0 Å². The van der Waals surface area contributed by atoms with Crippen molar-refractivity contribution in [3.8, 4) is 11.1 Å². The second kappa shape index (κ2) is 21.7. The lowest BCUT2D eigenvalue weighted by Gasteiger charge is -2.33. The Kier molecular flexibility index (Phi) is 17.8. The maximum absolute atomic E-state index is 2.73. The van der Waals surface area contributed by atoms with Crippen molar-refractivity contribution in [1.82, 2.24) is 0 Å². The summed E-state index contributed by atoms with van der Waals surface area (Å²) in [5, 5.41) is 0. The molecule has 0 amide bonds. The van der Waals surface area contributed by atoms with Gasteiger partial charge < -0.3 is 0 Å². The predicted molar refractivity (Wildman–Crippen MR) is 223 cm³/mol. The molecule has 0 aliphatic heterocycles. The summed E-state index contributed by atoms with van der Waals surface area (Å²) in [6.07, 6.45) is 36.9. The van der Waals surface area contributed by atoms with Crippen LogP contribution in [0.2, 0.25) is 13.1 Å². The second-order valence-electron chi connectivity index (χ2n) is 16.7. The maximum atomic E-state index is 2.73. The van der Waals surface area contributed by atoms with Gasteiger partial charge in [-0.2, -0.15) is 0 Å². The van der Waals surface area contributed by atoms with E-state index in [4.69, 9.17) is 0 Å². The van der Waals surface area contributed by atoms with Crippen molar-refractivity contribution in [3.63, 3.8) is 0 Å². The fourth-order valence-electron chi connectivity index (χ4n) is 9.68. The summed E-state index contributed by atoms with van der Waals surface area (Å²) in [5.41, 5.74) is 13.8. The molecule has 1 radical (unpaired) electrons. The van der Waals surface area contributed by atoms with Gasteiger partial charge in [-0.05, 0) is 83.3 Å². The number of rotatable bonds is 27. The Balaban J connectivity index is 1.40. The zero-order valence-corrected chi connectivity index (χ0v) is 34.4. The van der Waals surface area contributed by atoms with Crippen LogP contribution in [0.25, 0.3) is 16.7 Å². The van der Waals surface area contributed by atoms with Gasteiger partial charge >= 0.3 is 0 Å². The number of fused-ring (bicyclic) bond motifs is 4. The summed E-state index contributed by atoms with van der Waals surface area (Å²) >= 11 is 0. The summed E-state index contributed by atoms with van der Waals surface area (Å²) in [6, 6.07) is 15.1. The highest BCUT2D eigenvalue weighted by atomic mass is 28.3. The highest BCUT2D eigenvalue weighted by Gasteiger charge is 2.44. The monoisotopic (exact) mass is 682 g/mol. The third-order valence-corrected chi connectivity index (χ3v) is 14.6. The van der Waals surface area contributed by atoms with E-state index in [1.54, 1.807) is 44.5 Å². The first-order valence-electron chi connectivity index (χ1n) is 21.7. The summed E-state index contributed by atoms with van der Waals surface area (Å²) in [5.74, 6) is 0. The van der Waals surface area contributed by atoms with Crippen LogP contribution in [-0.4, -0.2) is 8.80 Å². The molecule has 0 spiro atoms. The molecule has 273 valence electrons. The average molecular weight is 682 g/mol. The van der Waals surface area contributed by atoms with Crippen molar-refractivity contribution in [2.24, 2.45) is 0 Å². The highest BCUT2D eigenvalue weighted by molar-refractivity contribution is 6.59. The molecule has 2 aromatic carbocycles. The summed E-state index contributed by atoms with van der Waals surface area (Å²) < 4.78 is 0. The quantitative estimate of drug-likeness (QED) is 0.0650. The van der Waals surface area contributed by atoms with E-state index < -0.39 is 8.80 Å². The number of allylic oxidation sites excluding steroid dienone is 2. The number of benzene rings is 2. The molecule has 1 atom stereocenters. The molecule has 2 aromatic rings. The minimum absolute atomic E-state index is 0.191. The zero-order valence-electron chi connectivity index (χ0n) is 33.4. The molecule has 0 heterocycles. The van der Waals surface area contributed by atoms with Crippen molar-refractivity contribution in [1.29, 1.82) is 0 Å². The molecule has 0 saturated carbocycles. The molecule has 1 heteroatoms. The highest BCUT2D eigenvalue weighted by Crippen LogP contribution is 2.57. The lowest BCUT2D eigenvalue weighted by Crippen LogP contribution is -2.26. The smallest absolute Gasteiger partial charge is 0.0552 e. The Morgan fingerprint density at radius 1 is 0.490 bits per heavy atom. The molecule has 4 rings (SSSR count). The number of hydrogen-bond donors (Lipinski definition) is 0. The topological polar surface area (TPSA) is 0 Å². The normalized spacial score (nSPS) is 16.1. The Hall–Kier alpha value is -1.60. The minimum atomic E-state index is -0.453. The molecular weight excluding hydrogens is 605 g/mol. The molecule has 0 bridgehead atoms. The maximum Gasteiger partial charge on any atom is 0.0552 e. The van der Waals surface area contributed by atoms with E-state index in [1.807, 2.05) is 0 Å². The van der Waals surface area contributed by atoms with E-state index >= 15 is 0 Å². The number of unbranched alkanes of at least 4 members (excludes halogenated alkanes) is 22. The van der Waals surface area contributed by atoms with Crippen molar-refractivity contribution in [2.45, 2.75) is 219 Å². The molecule has 2 aliphatic rings. The van der Waals surface area contributed by atoms with E-state index in [0.717, 1.165) is 0 Å². The first kappa shape index (κ1) is 40.2. The zero-order chi connectivity index (χ0) is 34.9. The largest absolute Gasteiger partial charge is 0.0705 e. The van der Waals surface area contributed by atoms with Gasteiger partial charge in [0.15, 0.2) is 0 Å². The van der Waals surface area contributed by atoms with Gasteiger partial charge in [-0.1, -0.05) is 211 Å². The van der Waals surface area contributed by atoms with Gasteiger partial charge in [0.05, 0.1) is 8.80 Å². The van der Waals surface area contributed by atoms with Gasteiger partial charge in [0.1, 0.15) is 0 Å². The Morgan fingerprint density at radius 2 is 0.918 bits per heavy atom. The van der Waals surface area contributed by atoms with Gasteiger partial charge in [0.2, 0.25) is 0 Å². The van der Waals surface area contributed by atoms with E-state index in [-0.39, 0.29) is 5.41 Å². The molecule has 0 nitrogen and oxygen atoms in total. The average Bonchev–Trinajstić information content (AvgIpc) is 3.51. The van der Waals surface area contributed by atoms with Crippen LogP contribution in [0, 0.1) is 0 Å². The van der Waals surface area contributed by atoms with Crippen molar-refractivity contribution < 1.29 is 0 Å². The van der Waals surface area contributed by atoms with Crippen LogP contribution < -0.4 is 0 Å². The van der Waals surface area contributed by atoms with Gasteiger partial charge in [-0.3, -0.25) is 0 Å². The van der Waals surface area contributed by atoms with Gasteiger partial charge in [-0.25, -0.2) is 0 Å². The fourth-order valence-corrected chi connectivity index (χ4v) is 11.6. The Bertz CT molecular complexity index is 1240. The third-order valence-electron chi connectivity index (χ3n) is 12.7. The molecule has 0 fully saturated rings. The van der Waals surface area contributed by atoms with Crippen molar-refractivity contribution >= 4 is 14.4 Å². The predicted octanol–water partition coefficient (Wildman–Crippen LogP) is 16.3. The van der Waals surface area contributed by atoms with E-state index in [9.17, 15) is 0 Å². The summed E-state index contributed by atoms with van der Waals surface area (Å²) in [7, 11) is -0.453.